The Balaban J connectivity index is 1.54. The van der Waals surface area contributed by atoms with E-state index in [4.69, 9.17) is 4.52 Å². The first kappa shape index (κ1) is 21.2. The molecule has 0 unspecified atom stereocenters. The molecule has 3 heterocycles. The van der Waals surface area contributed by atoms with Crippen LogP contribution in [0.4, 0.5) is 5.69 Å². The highest BCUT2D eigenvalue weighted by atomic mass is 16.5. The minimum absolute atomic E-state index is 0.0282. The molecule has 0 saturated carbocycles. The van der Waals surface area contributed by atoms with Crippen LogP contribution in [0.5, 0.6) is 0 Å². The molecule has 0 saturated heterocycles. The van der Waals surface area contributed by atoms with Crippen molar-refractivity contribution in [3.8, 4) is 11.4 Å². The van der Waals surface area contributed by atoms with Crippen molar-refractivity contribution in [2.45, 2.75) is 32.9 Å². The number of aromatic nitrogens is 3. The van der Waals surface area contributed by atoms with E-state index in [1.54, 1.807) is 43.6 Å². The molecule has 4 rings (SSSR count). The summed E-state index contributed by atoms with van der Waals surface area (Å²) in [7, 11) is 0. The molecule has 1 aliphatic rings. The van der Waals surface area contributed by atoms with Gasteiger partial charge in [-0.05, 0) is 37.1 Å². The number of amides is 2. The molecule has 2 atom stereocenters. The molecule has 2 N–H and O–H groups in total. The van der Waals surface area contributed by atoms with E-state index < -0.39 is 18.0 Å². The maximum Gasteiger partial charge on any atom is 0.288 e. The first-order chi connectivity index (χ1) is 15.4. The standard InChI is InChI=1S/C22H23N7O3/c1-13(2)17(21-26-18(28-32-21)15-9-11-23-12-10-15)25-20(30)19-24-14(3)22(31)29(27-19)16-7-5-4-6-8-16/h4-14,17H,1-3H3,(H,24,27)(H,25,30)/t14-,17+/m1/s1. The Morgan fingerprint density at radius 1 is 1.16 bits per heavy atom. The largest absolute Gasteiger partial charge is 0.337 e. The van der Waals surface area contributed by atoms with Crippen LogP contribution in [-0.2, 0) is 9.59 Å². The van der Waals surface area contributed by atoms with Crippen molar-refractivity contribution in [2.24, 2.45) is 10.9 Å². The van der Waals surface area contributed by atoms with Gasteiger partial charge in [-0.3, -0.25) is 20.0 Å². The lowest BCUT2D eigenvalue weighted by Crippen LogP contribution is -2.58. The van der Waals surface area contributed by atoms with Crippen LogP contribution in [0.25, 0.3) is 11.4 Å². The lowest BCUT2D eigenvalue weighted by atomic mass is 10.0. The number of aliphatic imine (C=N–C) groups is 1. The van der Waals surface area contributed by atoms with Crippen molar-refractivity contribution in [2.75, 3.05) is 5.01 Å². The van der Waals surface area contributed by atoms with Crippen molar-refractivity contribution in [1.82, 2.24) is 25.9 Å². The molecule has 0 spiro atoms. The zero-order valence-corrected chi connectivity index (χ0v) is 17.9. The minimum Gasteiger partial charge on any atom is -0.337 e. The fraction of sp³-hybridized carbons (Fsp3) is 0.273. The molecule has 0 radical (unpaired) electrons. The van der Waals surface area contributed by atoms with Crippen LogP contribution in [-0.4, -0.2) is 38.8 Å². The molecular weight excluding hydrogens is 410 g/mol. The smallest absolute Gasteiger partial charge is 0.288 e. The van der Waals surface area contributed by atoms with Gasteiger partial charge in [-0.15, -0.1) is 0 Å². The van der Waals surface area contributed by atoms with Crippen molar-refractivity contribution in [3.63, 3.8) is 0 Å². The molecule has 10 heteroatoms. The Kier molecular flexibility index (Phi) is 5.93. The van der Waals surface area contributed by atoms with Gasteiger partial charge in [0.25, 0.3) is 11.8 Å². The molecule has 3 aromatic rings. The third-order valence-electron chi connectivity index (χ3n) is 4.95. The van der Waals surface area contributed by atoms with Crippen LogP contribution in [0.15, 0.2) is 64.4 Å². The van der Waals surface area contributed by atoms with Crippen LogP contribution in [0.3, 0.4) is 0 Å². The monoisotopic (exact) mass is 433 g/mol. The number of carbonyl (C=O) groups excluding carboxylic acids is 2. The molecule has 2 amide bonds. The summed E-state index contributed by atoms with van der Waals surface area (Å²) in [6.07, 6.45) is 3.28. The fourth-order valence-corrected chi connectivity index (χ4v) is 3.21. The summed E-state index contributed by atoms with van der Waals surface area (Å²) in [5.74, 6) is -0.0659. The first-order valence-electron chi connectivity index (χ1n) is 10.2. The number of hydrogen-bond acceptors (Lipinski definition) is 8. The van der Waals surface area contributed by atoms with E-state index in [0.29, 0.717) is 11.5 Å². The van der Waals surface area contributed by atoms with Crippen LogP contribution < -0.4 is 15.8 Å². The van der Waals surface area contributed by atoms with E-state index >= 15 is 0 Å². The number of nitrogens with one attached hydrogen (secondary N) is 2. The molecule has 1 aromatic carbocycles. The molecule has 0 bridgehead atoms. The normalized spacial score (nSPS) is 17.0. The van der Waals surface area contributed by atoms with Crippen LogP contribution in [0.1, 0.15) is 32.7 Å². The predicted octanol–water partition coefficient (Wildman–Crippen LogP) is 2.28. The molecule has 10 nitrogen and oxygen atoms in total. The van der Waals surface area contributed by atoms with E-state index in [1.165, 1.54) is 5.01 Å². The maximum atomic E-state index is 13.1. The number of pyridine rings is 1. The van der Waals surface area contributed by atoms with Gasteiger partial charge in [0.1, 0.15) is 12.1 Å². The van der Waals surface area contributed by atoms with Crippen LogP contribution in [0, 0.1) is 5.92 Å². The fourth-order valence-electron chi connectivity index (χ4n) is 3.21. The number of carbonyl (C=O) groups is 2. The lowest BCUT2D eigenvalue weighted by Gasteiger charge is -2.31. The van der Waals surface area contributed by atoms with Gasteiger partial charge >= 0.3 is 0 Å². The number of hydrogen-bond donors (Lipinski definition) is 2. The SMILES string of the molecule is CC(C)[C@H](NC(=O)C1=N[C@H](C)C(=O)N(c2ccccc2)N1)c1nc(-c2ccncc2)no1. The number of benzene rings is 1. The number of anilines is 1. The van der Waals surface area contributed by atoms with Crippen molar-refractivity contribution in [1.29, 1.82) is 0 Å². The molecule has 0 aliphatic carbocycles. The van der Waals surface area contributed by atoms with Gasteiger partial charge in [-0.25, -0.2) is 10.0 Å². The molecular formula is C22H23N7O3. The number of nitrogens with zero attached hydrogens (tertiary/aromatic N) is 5. The van der Waals surface area contributed by atoms with Gasteiger partial charge in [-0.1, -0.05) is 37.2 Å². The molecule has 164 valence electrons. The van der Waals surface area contributed by atoms with Gasteiger partial charge in [0, 0.05) is 18.0 Å². The zero-order valence-electron chi connectivity index (χ0n) is 17.9. The Bertz CT molecular complexity index is 1130. The zero-order chi connectivity index (χ0) is 22.7. The average molecular weight is 433 g/mol. The second-order valence-electron chi connectivity index (χ2n) is 7.66. The second-order valence-corrected chi connectivity index (χ2v) is 7.66. The van der Waals surface area contributed by atoms with E-state index in [0.717, 1.165) is 5.56 Å². The predicted molar refractivity (Wildman–Crippen MR) is 117 cm³/mol. The molecule has 2 aromatic heterocycles. The Morgan fingerprint density at radius 3 is 2.56 bits per heavy atom. The topological polar surface area (TPSA) is 126 Å². The number of rotatable bonds is 6. The van der Waals surface area contributed by atoms with E-state index in [-0.39, 0.29) is 23.6 Å². The van der Waals surface area contributed by atoms with E-state index in [9.17, 15) is 9.59 Å². The van der Waals surface area contributed by atoms with Gasteiger partial charge in [0.05, 0.1) is 5.69 Å². The Morgan fingerprint density at radius 2 is 1.88 bits per heavy atom. The summed E-state index contributed by atoms with van der Waals surface area (Å²) in [4.78, 5) is 38.3. The third kappa shape index (κ3) is 4.34. The van der Waals surface area contributed by atoms with Crippen molar-refractivity contribution >= 4 is 23.3 Å². The van der Waals surface area contributed by atoms with Gasteiger partial charge in [-0.2, -0.15) is 4.98 Å². The molecule has 0 fully saturated rings. The van der Waals surface area contributed by atoms with Crippen LogP contribution >= 0.6 is 0 Å². The average Bonchev–Trinajstić information content (AvgIpc) is 3.30. The summed E-state index contributed by atoms with van der Waals surface area (Å²) in [5, 5.41) is 8.24. The number of amidine groups is 1. The van der Waals surface area contributed by atoms with Crippen molar-refractivity contribution < 1.29 is 14.1 Å². The minimum atomic E-state index is -0.712. The second kappa shape index (κ2) is 8.96. The maximum absolute atomic E-state index is 13.1. The highest BCUT2D eigenvalue weighted by Gasteiger charge is 2.33. The van der Waals surface area contributed by atoms with E-state index in [1.807, 2.05) is 32.0 Å². The molecule has 32 heavy (non-hydrogen) atoms. The summed E-state index contributed by atoms with van der Waals surface area (Å²) < 4.78 is 5.44. The van der Waals surface area contributed by atoms with Gasteiger partial charge < -0.3 is 9.84 Å². The van der Waals surface area contributed by atoms with Gasteiger partial charge in [0.15, 0.2) is 0 Å². The summed E-state index contributed by atoms with van der Waals surface area (Å²) in [6, 6.07) is 11.3. The van der Waals surface area contributed by atoms with Gasteiger partial charge in [0.2, 0.25) is 17.6 Å². The highest BCUT2D eigenvalue weighted by Crippen LogP contribution is 2.23. The quantitative estimate of drug-likeness (QED) is 0.611. The van der Waals surface area contributed by atoms with Crippen molar-refractivity contribution in [3.05, 3.63) is 60.7 Å². The molecule has 1 aliphatic heterocycles. The highest BCUT2D eigenvalue weighted by molar-refractivity contribution is 6.39. The lowest BCUT2D eigenvalue weighted by molar-refractivity contribution is -0.120. The van der Waals surface area contributed by atoms with Crippen LogP contribution in [0.2, 0.25) is 0 Å². The Labute approximate surface area is 184 Å². The summed E-state index contributed by atoms with van der Waals surface area (Å²) >= 11 is 0. The summed E-state index contributed by atoms with van der Waals surface area (Å²) in [5.41, 5.74) is 4.20. The van der Waals surface area contributed by atoms with E-state index in [2.05, 4.69) is 30.9 Å². The summed E-state index contributed by atoms with van der Waals surface area (Å²) in [6.45, 7) is 5.50. The Hall–Kier alpha value is -4.08. The first-order valence-corrected chi connectivity index (χ1v) is 10.2. The number of para-hydroxylation sites is 1. The number of hydrazine groups is 1. The third-order valence-corrected chi connectivity index (χ3v) is 4.95.